The van der Waals surface area contributed by atoms with Crippen molar-refractivity contribution in [2.45, 2.75) is 65.8 Å². The van der Waals surface area contributed by atoms with Crippen molar-refractivity contribution in [1.82, 2.24) is 14.4 Å². The molecule has 0 atom stereocenters. The number of carbonyl (C=O) groups excluding carboxylic acids is 1. The van der Waals surface area contributed by atoms with E-state index in [1.807, 2.05) is 19.9 Å². The average molecular weight is 516 g/mol. The van der Waals surface area contributed by atoms with Crippen molar-refractivity contribution in [2.75, 3.05) is 44.7 Å². The van der Waals surface area contributed by atoms with Crippen LogP contribution in [0.4, 0.5) is 5.82 Å². The highest BCUT2D eigenvalue weighted by Crippen LogP contribution is 2.36. The van der Waals surface area contributed by atoms with Gasteiger partial charge in [-0.1, -0.05) is 63.5 Å². The number of rotatable bonds is 10. The van der Waals surface area contributed by atoms with E-state index < -0.39 is 0 Å². The zero-order valence-corrected chi connectivity index (χ0v) is 23.1. The van der Waals surface area contributed by atoms with Crippen molar-refractivity contribution in [3.63, 3.8) is 0 Å². The second-order valence-electron chi connectivity index (χ2n) is 9.34. The van der Waals surface area contributed by atoms with E-state index >= 15 is 0 Å². The molecule has 1 amide bonds. The number of piperazine rings is 1. The summed E-state index contributed by atoms with van der Waals surface area (Å²) < 4.78 is 2.31. The molecule has 2 saturated heterocycles. The molecular formula is C26H37N5O2S2. The molecular weight excluding hydrogens is 478 g/mol. The topological polar surface area (TPSA) is 72.6 Å². The highest BCUT2D eigenvalue weighted by atomic mass is 32.2. The van der Waals surface area contributed by atoms with Gasteiger partial charge < -0.3 is 9.80 Å². The van der Waals surface area contributed by atoms with Crippen LogP contribution in [-0.2, 0) is 11.3 Å². The van der Waals surface area contributed by atoms with Crippen molar-refractivity contribution >= 4 is 46.1 Å². The van der Waals surface area contributed by atoms with Crippen LogP contribution in [-0.4, -0.2) is 64.4 Å². The molecule has 0 spiro atoms. The van der Waals surface area contributed by atoms with Crippen LogP contribution in [0.25, 0.3) is 6.08 Å². The molecule has 3 rings (SSSR count). The van der Waals surface area contributed by atoms with Gasteiger partial charge >= 0.3 is 0 Å². The number of thioether (sulfide) groups is 1. The summed E-state index contributed by atoms with van der Waals surface area (Å²) in [5, 5.41) is 9.80. The van der Waals surface area contributed by atoms with E-state index in [9.17, 15) is 14.9 Å². The minimum Gasteiger partial charge on any atom is -0.355 e. The predicted molar refractivity (Wildman–Crippen MR) is 149 cm³/mol. The third kappa shape index (κ3) is 6.16. The summed E-state index contributed by atoms with van der Waals surface area (Å²) in [7, 11) is 2.09. The predicted octanol–water partition coefficient (Wildman–Crippen LogP) is 4.36. The average Bonchev–Trinajstić information content (AvgIpc) is 3.10. The first-order chi connectivity index (χ1) is 16.8. The van der Waals surface area contributed by atoms with Gasteiger partial charge in [0.25, 0.3) is 11.5 Å². The van der Waals surface area contributed by atoms with Crippen LogP contribution in [0.2, 0.25) is 0 Å². The van der Waals surface area contributed by atoms with Gasteiger partial charge in [0.15, 0.2) is 0 Å². The van der Waals surface area contributed by atoms with E-state index in [2.05, 4.69) is 29.8 Å². The lowest BCUT2D eigenvalue weighted by Gasteiger charge is -2.36. The number of carbonyl (C=O) groups is 1. The molecule has 0 aromatic carbocycles. The Morgan fingerprint density at radius 3 is 2.34 bits per heavy atom. The number of nitriles is 1. The lowest BCUT2D eigenvalue weighted by molar-refractivity contribution is -0.122. The molecule has 0 unspecified atom stereocenters. The maximum Gasteiger partial charge on any atom is 0.270 e. The van der Waals surface area contributed by atoms with Crippen LogP contribution < -0.4 is 10.5 Å². The van der Waals surface area contributed by atoms with Crippen molar-refractivity contribution in [3.05, 3.63) is 31.9 Å². The van der Waals surface area contributed by atoms with E-state index in [0.717, 1.165) is 56.8 Å². The molecule has 2 aliphatic heterocycles. The maximum absolute atomic E-state index is 13.3. The third-order valence-electron chi connectivity index (χ3n) is 6.73. The molecule has 190 valence electrons. The summed E-state index contributed by atoms with van der Waals surface area (Å²) in [6.45, 7) is 10.5. The van der Waals surface area contributed by atoms with Gasteiger partial charge in [-0.15, -0.1) is 0 Å². The SMILES string of the molecule is CCCCCCCN1C(=O)/C(=C\c2c(C)c(C#N)c(=O)n(CCC)c2N2CCN(C)CC2)SC1=S. The first kappa shape index (κ1) is 27.4. The third-order valence-corrected chi connectivity index (χ3v) is 8.11. The van der Waals surface area contributed by atoms with Crippen LogP contribution >= 0.6 is 24.0 Å². The number of amides is 1. The number of pyridine rings is 1. The molecule has 0 bridgehead atoms. The number of hydrogen-bond acceptors (Lipinski definition) is 7. The molecule has 3 heterocycles. The minimum atomic E-state index is -0.252. The van der Waals surface area contributed by atoms with Gasteiger partial charge in [-0.05, 0) is 38.5 Å². The van der Waals surface area contributed by atoms with Crippen LogP contribution in [0.3, 0.4) is 0 Å². The van der Waals surface area contributed by atoms with E-state index in [0.29, 0.717) is 27.9 Å². The van der Waals surface area contributed by atoms with E-state index in [1.165, 1.54) is 31.0 Å². The Hall–Kier alpha value is -2.15. The maximum atomic E-state index is 13.3. The number of hydrogen-bond donors (Lipinski definition) is 0. The number of thiocarbonyl (C=S) groups is 1. The molecule has 1 aromatic heterocycles. The second kappa shape index (κ2) is 12.7. The Balaban J connectivity index is 2.02. The summed E-state index contributed by atoms with van der Waals surface area (Å²) in [6, 6.07) is 2.12. The highest BCUT2D eigenvalue weighted by molar-refractivity contribution is 8.26. The molecule has 35 heavy (non-hydrogen) atoms. The van der Waals surface area contributed by atoms with Crippen LogP contribution in [0.1, 0.15) is 69.1 Å². The molecule has 9 heteroatoms. The van der Waals surface area contributed by atoms with Gasteiger partial charge in [-0.3, -0.25) is 19.1 Å². The molecule has 7 nitrogen and oxygen atoms in total. The Bertz CT molecular complexity index is 1080. The minimum absolute atomic E-state index is 0.0778. The molecule has 1 aromatic rings. The molecule has 0 aliphatic carbocycles. The number of aromatic nitrogens is 1. The molecule has 0 N–H and O–H groups in total. The first-order valence-electron chi connectivity index (χ1n) is 12.7. The lowest BCUT2D eigenvalue weighted by Crippen LogP contribution is -2.47. The smallest absolute Gasteiger partial charge is 0.270 e. The van der Waals surface area contributed by atoms with Crippen molar-refractivity contribution < 1.29 is 4.79 Å². The number of nitrogens with zero attached hydrogens (tertiary/aromatic N) is 5. The van der Waals surface area contributed by atoms with Gasteiger partial charge in [0.2, 0.25) is 0 Å². The summed E-state index contributed by atoms with van der Waals surface area (Å²) in [4.78, 5) is 33.3. The fraction of sp³-hybridized carbons (Fsp3) is 0.615. The normalized spacial score (nSPS) is 18.1. The van der Waals surface area contributed by atoms with Gasteiger partial charge in [0.05, 0.1) is 4.91 Å². The van der Waals surface area contributed by atoms with E-state index in [1.54, 1.807) is 9.47 Å². The lowest BCUT2D eigenvalue weighted by atomic mass is 10.0. The molecule has 2 aliphatic rings. The van der Waals surface area contributed by atoms with Gasteiger partial charge in [-0.25, -0.2) is 0 Å². The van der Waals surface area contributed by atoms with Gasteiger partial charge in [0.1, 0.15) is 21.8 Å². The quantitative estimate of drug-likeness (QED) is 0.260. The number of unbranched alkanes of at least 4 members (excludes halogenated alkanes) is 4. The second-order valence-corrected chi connectivity index (χ2v) is 11.0. The highest BCUT2D eigenvalue weighted by Gasteiger charge is 2.33. The number of likely N-dealkylation sites (N-methyl/N-ethyl adjacent to an activating group) is 1. The Morgan fingerprint density at radius 2 is 1.71 bits per heavy atom. The monoisotopic (exact) mass is 515 g/mol. The van der Waals surface area contributed by atoms with Crippen molar-refractivity contribution in [3.8, 4) is 6.07 Å². The van der Waals surface area contributed by atoms with E-state index in [-0.39, 0.29) is 17.0 Å². The van der Waals surface area contributed by atoms with Gasteiger partial charge in [-0.2, -0.15) is 5.26 Å². The summed E-state index contributed by atoms with van der Waals surface area (Å²) in [5.74, 6) is 0.734. The first-order valence-corrected chi connectivity index (χ1v) is 13.9. The Morgan fingerprint density at radius 1 is 1.03 bits per heavy atom. The summed E-state index contributed by atoms with van der Waals surface area (Å²) in [5.41, 5.74) is 1.30. The fourth-order valence-corrected chi connectivity index (χ4v) is 5.92. The van der Waals surface area contributed by atoms with Crippen LogP contribution in [0.5, 0.6) is 0 Å². The summed E-state index contributed by atoms with van der Waals surface area (Å²) >= 11 is 6.87. The summed E-state index contributed by atoms with van der Waals surface area (Å²) in [6.07, 6.45) is 8.23. The van der Waals surface area contributed by atoms with Crippen LogP contribution in [0, 0.1) is 18.3 Å². The molecule has 0 saturated carbocycles. The zero-order valence-electron chi connectivity index (χ0n) is 21.4. The standard InChI is InChI=1S/C26H37N5O2S2/c1-5-7-8-9-10-12-31-25(33)22(35-26(31)34)17-20-19(3)21(18-27)24(32)30(11-6-2)23(20)29-15-13-28(4)14-16-29/h17H,5-16H2,1-4H3/b22-17+. The largest absolute Gasteiger partial charge is 0.355 e. The Kier molecular flexibility index (Phi) is 9.96. The Labute approximate surface area is 218 Å². The van der Waals surface area contributed by atoms with Crippen molar-refractivity contribution in [2.24, 2.45) is 0 Å². The van der Waals surface area contributed by atoms with Crippen LogP contribution in [0.15, 0.2) is 9.70 Å². The van der Waals surface area contributed by atoms with Gasteiger partial charge in [0, 0.05) is 44.8 Å². The zero-order chi connectivity index (χ0) is 25.5. The number of anilines is 1. The van der Waals surface area contributed by atoms with E-state index in [4.69, 9.17) is 12.2 Å². The molecule has 0 radical (unpaired) electrons. The molecule has 2 fully saturated rings. The fourth-order valence-electron chi connectivity index (χ4n) is 4.63. The van der Waals surface area contributed by atoms with Crippen molar-refractivity contribution in [1.29, 1.82) is 5.26 Å².